The number of guanidine groups is 2. The number of rotatable bonds is 11. The van der Waals surface area contributed by atoms with Crippen molar-refractivity contribution in [2.24, 2.45) is 38.0 Å². The first-order valence-corrected chi connectivity index (χ1v) is 17.2. The molecule has 306 valence electrons. The Bertz CT molecular complexity index is 1580. The molecule has 3 aliphatic rings. The summed E-state index contributed by atoms with van der Waals surface area (Å²) in [6.45, 7) is 0.673. The average Bonchev–Trinajstić information content (AvgIpc) is 3.32. The van der Waals surface area contributed by atoms with Crippen LogP contribution >= 0.6 is 0 Å². The lowest BCUT2D eigenvalue weighted by molar-refractivity contribution is -0.313. The van der Waals surface area contributed by atoms with Crippen LogP contribution in [0.3, 0.4) is 0 Å². The molecule has 2 saturated heterocycles. The van der Waals surface area contributed by atoms with Gasteiger partial charge >= 0.3 is 10.4 Å². The number of nitrogens with zero attached hydrogens (tertiary/aromatic N) is 4. The van der Waals surface area contributed by atoms with Gasteiger partial charge in [0.15, 0.2) is 30.1 Å². The third-order valence-corrected chi connectivity index (χ3v) is 8.53. The van der Waals surface area contributed by atoms with Crippen LogP contribution in [0.4, 0.5) is 0 Å². The number of carbonyl (C=O) groups excluding carboxylic acids is 1. The van der Waals surface area contributed by atoms with Crippen molar-refractivity contribution >= 4 is 34.4 Å². The molecule has 26 nitrogen and oxygen atoms in total. The molecule has 3 heterocycles. The number of hydrogen-bond acceptors (Lipinski definition) is 19. The molecule has 1 aromatic rings. The Hall–Kier alpha value is -3.78. The number of carbonyl (C=O) groups is 1. The summed E-state index contributed by atoms with van der Waals surface area (Å²) in [4.78, 5) is 24.2. The zero-order valence-electron chi connectivity index (χ0n) is 28.6. The number of amides is 1. The molecule has 1 aromatic heterocycles. The normalized spacial score (nSPS) is 38.2. The van der Waals surface area contributed by atoms with Gasteiger partial charge in [0.05, 0.1) is 25.0 Å². The Kier molecular flexibility index (Phi) is 15.5. The Morgan fingerprint density at radius 1 is 0.926 bits per heavy atom. The molecular formula is C27H46N10O16S. The Morgan fingerprint density at radius 3 is 2.04 bits per heavy atom. The summed E-state index contributed by atoms with van der Waals surface area (Å²) in [6.07, 6.45) is -14.0. The molecule has 0 bridgehead atoms. The number of pyridine rings is 1. The minimum Gasteiger partial charge on any atom is -0.394 e. The highest BCUT2D eigenvalue weighted by molar-refractivity contribution is 7.79. The minimum absolute atomic E-state index is 0.201. The smallest absolute Gasteiger partial charge is 0.394 e. The highest BCUT2D eigenvalue weighted by atomic mass is 32.3. The summed E-state index contributed by atoms with van der Waals surface area (Å²) in [5, 5.41) is 82.7. The standard InChI is InChI=1S/C27H44N10O12.H2O4S/c1-9-27(45,8-34-37-22(44)10-3-5-33-6-4-10)21(49-23-14(32-2)18(42)15(39)11(7-38)47-23)24(46-9)48-20-13(36-26(30)31)16(40)12(35-25(28)29)17(41)19(20)43;1-5(2,3)4/h3-6,8-9,11-21,23-24,32,38-43,45H,7H2,1-2H3,(H,37,44)(H4,28,29,35)(H4,30,31,36);(H2,1,2,3,4)/b34-8+;/t9-,11-,12-,13+,14-,15-,16-,17+,18-,19-,20-,21-,23-,24-,27+;/m1./s1. The fourth-order valence-corrected chi connectivity index (χ4v) is 5.86. The first-order chi connectivity index (χ1) is 25.1. The van der Waals surface area contributed by atoms with Gasteiger partial charge in [-0.2, -0.15) is 13.5 Å². The van der Waals surface area contributed by atoms with E-state index in [1.165, 1.54) is 38.5 Å². The van der Waals surface area contributed by atoms with Crippen LogP contribution in [-0.2, 0) is 29.3 Å². The number of nitrogens with two attached hydrogens (primary N) is 4. The molecule has 3 fully saturated rings. The fourth-order valence-electron chi connectivity index (χ4n) is 5.86. The maximum absolute atomic E-state index is 12.6. The van der Waals surface area contributed by atoms with Crippen molar-refractivity contribution in [1.29, 1.82) is 0 Å². The lowest BCUT2D eigenvalue weighted by Crippen LogP contribution is -2.66. The van der Waals surface area contributed by atoms with Gasteiger partial charge in [-0.15, -0.1) is 0 Å². The molecule has 1 amide bonds. The molecule has 15 atom stereocenters. The van der Waals surface area contributed by atoms with Crippen LogP contribution in [0.15, 0.2) is 39.6 Å². The molecule has 27 heteroatoms. The van der Waals surface area contributed by atoms with Gasteiger partial charge in [0, 0.05) is 18.0 Å². The fraction of sp³-hybridized carbons (Fsp3) is 0.667. The lowest BCUT2D eigenvalue weighted by Gasteiger charge is -2.45. The zero-order chi connectivity index (χ0) is 40.7. The molecule has 2 aliphatic heterocycles. The van der Waals surface area contributed by atoms with Crippen molar-refractivity contribution in [3.05, 3.63) is 30.1 Å². The van der Waals surface area contributed by atoms with Crippen LogP contribution in [0.5, 0.6) is 0 Å². The van der Waals surface area contributed by atoms with Crippen molar-refractivity contribution < 1.29 is 77.0 Å². The SMILES string of the molecule is CN[C@H]1[C@@H](O[C@@H]2[C@@H](O[C@H]3[C@H](O)[C@@H](O)[C@H](N=C(N)N)[C@@H](O)[C@@H]3N=C(N)N)O[C@H](C)[C@@]2(O)/C=N/NC(=O)c2ccncc2)O[C@H](CO)[C@@H](O)[C@@H]1O.O=S(=O)(O)O. The van der Waals surface area contributed by atoms with Crippen LogP contribution in [-0.4, -0.2) is 187 Å². The summed E-state index contributed by atoms with van der Waals surface area (Å²) in [5.41, 5.74) is 22.3. The van der Waals surface area contributed by atoms with Crippen LogP contribution in [0.1, 0.15) is 17.3 Å². The van der Waals surface area contributed by atoms with Crippen LogP contribution in [0.25, 0.3) is 0 Å². The average molecular weight is 799 g/mol. The third-order valence-electron chi connectivity index (χ3n) is 8.53. The largest absolute Gasteiger partial charge is 0.394 e. The topological polar surface area (TPSA) is 448 Å². The van der Waals surface area contributed by atoms with Gasteiger partial charge in [-0.25, -0.2) is 15.4 Å². The molecule has 1 aliphatic carbocycles. The lowest BCUT2D eigenvalue weighted by atomic mass is 9.81. The molecule has 0 aromatic carbocycles. The molecule has 0 unspecified atom stereocenters. The van der Waals surface area contributed by atoms with Crippen LogP contribution < -0.4 is 33.7 Å². The monoisotopic (exact) mass is 798 g/mol. The number of ether oxygens (including phenoxy) is 4. The van der Waals surface area contributed by atoms with Gasteiger partial charge in [-0.3, -0.25) is 18.9 Å². The van der Waals surface area contributed by atoms with Crippen molar-refractivity contribution in [1.82, 2.24) is 15.7 Å². The molecule has 4 rings (SSSR count). The summed E-state index contributed by atoms with van der Waals surface area (Å²) in [7, 11) is -3.24. The summed E-state index contributed by atoms with van der Waals surface area (Å²) in [6, 6.07) is -1.32. The number of nitrogens with one attached hydrogen (secondary N) is 2. The van der Waals surface area contributed by atoms with Crippen LogP contribution in [0.2, 0.25) is 0 Å². The number of aliphatic hydroxyl groups is 7. The van der Waals surface area contributed by atoms with Gasteiger partial charge in [0.2, 0.25) is 0 Å². The Labute approximate surface area is 307 Å². The molecule has 1 saturated carbocycles. The van der Waals surface area contributed by atoms with Crippen molar-refractivity contribution in [2.45, 2.75) is 98.2 Å². The predicted octanol–water partition coefficient (Wildman–Crippen LogP) is -8.20. The highest BCUT2D eigenvalue weighted by Gasteiger charge is 2.60. The second kappa shape index (κ2) is 18.7. The predicted molar refractivity (Wildman–Crippen MR) is 181 cm³/mol. The van der Waals surface area contributed by atoms with E-state index in [4.69, 9.17) is 59.4 Å². The van der Waals surface area contributed by atoms with E-state index in [0.717, 1.165) is 6.21 Å². The first-order valence-electron chi connectivity index (χ1n) is 15.8. The van der Waals surface area contributed by atoms with Gasteiger partial charge in [0.25, 0.3) is 5.91 Å². The first kappa shape index (κ1) is 44.6. The summed E-state index contributed by atoms with van der Waals surface area (Å²) in [5.74, 6) is -1.71. The van der Waals surface area contributed by atoms with E-state index in [0.29, 0.717) is 0 Å². The molecule has 54 heavy (non-hydrogen) atoms. The Morgan fingerprint density at radius 2 is 1.50 bits per heavy atom. The number of hydrogen-bond donors (Lipinski definition) is 15. The second-order valence-electron chi connectivity index (χ2n) is 12.2. The number of likely N-dealkylation sites (N-methyl/N-ethyl adjacent to an activating group) is 1. The van der Waals surface area contributed by atoms with E-state index >= 15 is 0 Å². The van der Waals surface area contributed by atoms with E-state index < -0.39 is 126 Å². The van der Waals surface area contributed by atoms with E-state index in [1.807, 2.05) is 0 Å². The molecule has 19 N–H and O–H groups in total. The van der Waals surface area contributed by atoms with E-state index in [2.05, 4.69) is 30.8 Å². The van der Waals surface area contributed by atoms with E-state index in [1.54, 1.807) is 0 Å². The van der Waals surface area contributed by atoms with Gasteiger partial charge in [-0.05, 0) is 26.1 Å². The maximum Gasteiger partial charge on any atom is 0.394 e. The summed E-state index contributed by atoms with van der Waals surface area (Å²) >= 11 is 0. The molecular weight excluding hydrogens is 752 g/mol. The number of aliphatic hydroxyl groups excluding tert-OH is 6. The quantitative estimate of drug-likeness (QED) is 0.0428. The number of aliphatic imine (C=N–C) groups is 2. The van der Waals surface area contributed by atoms with Crippen molar-refractivity contribution in [2.75, 3.05) is 13.7 Å². The van der Waals surface area contributed by atoms with Gasteiger partial charge in [0.1, 0.15) is 60.9 Å². The van der Waals surface area contributed by atoms with Gasteiger partial charge < -0.3 is 82.9 Å². The second-order valence-corrected chi connectivity index (χ2v) is 13.1. The highest BCUT2D eigenvalue weighted by Crippen LogP contribution is 2.38. The van der Waals surface area contributed by atoms with Gasteiger partial charge in [-0.1, -0.05) is 0 Å². The van der Waals surface area contributed by atoms with E-state index in [-0.39, 0.29) is 5.56 Å². The Balaban J connectivity index is 0.00000147. The summed E-state index contributed by atoms with van der Waals surface area (Å²) < 4.78 is 55.4. The van der Waals surface area contributed by atoms with E-state index in [9.17, 15) is 40.5 Å². The molecule has 0 spiro atoms. The number of aromatic nitrogens is 1. The van der Waals surface area contributed by atoms with Crippen LogP contribution in [0, 0.1) is 0 Å². The van der Waals surface area contributed by atoms with Crippen molar-refractivity contribution in [3.8, 4) is 0 Å². The zero-order valence-corrected chi connectivity index (χ0v) is 29.4. The third kappa shape index (κ3) is 10.9. The number of hydrazone groups is 1. The maximum atomic E-state index is 12.6. The van der Waals surface area contributed by atoms with Crippen molar-refractivity contribution in [3.63, 3.8) is 0 Å². The molecule has 0 radical (unpaired) electrons. The minimum atomic E-state index is -4.67.